The number of hydrogen-bond donors (Lipinski definition) is 0. The normalized spacial score (nSPS) is 22.7. The first-order chi connectivity index (χ1) is 23.6. The van der Waals surface area contributed by atoms with E-state index in [9.17, 15) is 0 Å². The van der Waals surface area contributed by atoms with E-state index in [-0.39, 0.29) is 11.3 Å². The maximum absolute atomic E-state index is 8.95. The largest absolute Gasteiger partial charge is 0.454 e. The summed E-state index contributed by atoms with van der Waals surface area (Å²) in [4.78, 5) is 0. The highest BCUT2D eigenvalue weighted by molar-refractivity contribution is 6.14. The number of furan rings is 1. The molecule has 2 heteroatoms. The van der Waals surface area contributed by atoms with E-state index in [2.05, 4.69) is 0 Å². The highest BCUT2D eigenvalue weighted by atomic mass is 16.3. The fourth-order valence-corrected chi connectivity index (χ4v) is 5.80. The molecular formula is C34H36NO+. The molecule has 0 radical (unpaired) electrons. The van der Waals surface area contributed by atoms with Gasteiger partial charge in [0, 0.05) is 55.3 Å². The zero-order chi connectivity index (χ0) is 38.8. The maximum atomic E-state index is 8.95. The molecule has 36 heavy (non-hydrogen) atoms. The first kappa shape index (κ1) is 11.3. The van der Waals surface area contributed by atoms with Crippen molar-refractivity contribution in [3.8, 4) is 22.4 Å². The highest BCUT2D eigenvalue weighted by Gasteiger charge is 2.42. The molecule has 6 rings (SSSR count). The van der Waals surface area contributed by atoms with E-state index in [4.69, 9.17) is 26.3 Å². The van der Waals surface area contributed by atoms with Gasteiger partial charge in [-0.05, 0) is 60.3 Å². The molecule has 0 amide bonds. The van der Waals surface area contributed by atoms with E-state index in [1.165, 1.54) is 11.6 Å². The minimum Gasteiger partial charge on any atom is -0.454 e. The molecular weight excluding hydrogens is 438 g/mol. The van der Waals surface area contributed by atoms with Crippen molar-refractivity contribution in [3.63, 3.8) is 0 Å². The van der Waals surface area contributed by atoms with Gasteiger partial charge in [0.2, 0.25) is 5.69 Å². The number of aryl methyl sites for hydroxylation is 3. The van der Waals surface area contributed by atoms with Crippen LogP contribution in [0.25, 0.3) is 44.3 Å². The van der Waals surface area contributed by atoms with Crippen molar-refractivity contribution in [1.82, 2.24) is 0 Å². The van der Waals surface area contributed by atoms with Gasteiger partial charge in [0.15, 0.2) is 6.20 Å². The molecule has 2 heterocycles. The number of rotatable bonds is 4. The van der Waals surface area contributed by atoms with Crippen LogP contribution in [-0.4, -0.2) is 0 Å². The Balaban J connectivity index is 1.72. The molecule has 0 spiro atoms. The van der Waals surface area contributed by atoms with Crippen molar-refractivity contribution in [3.05, 3.63) is 88.6 Å². The Morgan fingerprint density at radius 1 is 0.917 bits per heavy atom. The zero-order valence-electron chi connectivity index (χ0n) is 36.0. The van der Waals surface area contributed by atoms with Crippen molar-refractivity contribution < 1.29 is 30.9 Å². The summed E-state index contributed by atoms with van der Waals surface area (Å²) < 4.78 is 140. The van der Waals surface area contributed by atoms with E-state index in [1.807, 2.05) is 6.07 Å². The average molecular weight is 491 g/mol. The van der Waals surface area contributed by atoms with Gasteiger partial charge >= 0.3 is 0 Å². The Labute approximate surface area is 237 Å². The molecule has 0 aliphatic heterocycles. The molecule has 0 bridgehead atoms. The Hall–Kier alpha value is -3.39. The van der Waals surface area contributed by atoms with Gasteiger partial charge in [-0.25, -0.2) is 4.57 Å². The van der Waals surface area contributed by atoms with Gasteiger partial charge in [-0.15, -0.1) is 0 Å². The minimum atomic E-state index is -3.46. The lowest BCUT2D eigenvalue weighted by Gasteiger charge is -2.29. The molecule has 0 unspecified atom stereocenters. The fraction of sp³-hybridized carbons (Fsp3) is 0.324. The second kappa shape index (κ2) is 8.06. The summed E-state index contributed by atoms with van der Waals surface area (Å²) in [6, 6.07) is 15.3. The van der Waals surface area contributed by atoms with Crippen LogP contribution in [0.4, 0.5) is 0 Å². The van der Waals surface area contributed by atoms with Gasteiger partial charge < -0.3 is 4.42 Å². The molecule has 2 aromatic heterocycles. The highest BCUT2D eigenvalue weighted by Crippen LogP contribution is 2.55. The van der Waals surface area contributed by atoms with E-state index in [0.29, 0.717) is 49.7 Å². The van der Waals surface area contributed by atoms with Crippen LogP contribution in [0.1, 0.15) is 95.9 Å². The SMILES string of the molecule is [2H]C([2H])([2H])CC1(CC([2H])([2H])[2H])c2ccccc2-c2c1ccc1c2oc2c(-c3cc(C([2H])(C([2H])([2H])[2H])C([2H])([2H])[2H])c(C([2H])([2H])[2H])c[n+]3C)c(C)ccc21. The van der Waals surface area contributed by atoms with Crippen LogP contribution in [0.5, 0.6) is 0 Å². The van der Waals surface area contributed by atoms with Crippen LogP contribution in [0.3, 0.4) is 0 Å². The number of pyridine rings is 1. The second-order valence-corrected chi connectivity index (χ2v) is 9.55. The Morgan fingerprint density at radius 3 is 2.42 bits per heavy atom. The van der Waals surface area contributed by atoms with E-state index < -0.39 is 69.5 Å². The number of aromatic nitrogens is 1. The number of hydrogen-bond acceptors (Lipinski definition) is 1. The summed E-state index contributed by atoms with van der Waals surface area (Å²) in [5, 5.41) is 1.20. The minimum absolute atomic E-state index is 0.187. The smallest absolute Gasteiger partial charge is 0.216 e. The van der Waals surface area contributed by atoms with Gasteiger partial charge in [0.25, 0.3) is 0 Å². The van der Waals surface area contributed by atoms with Crippen LogP contribution in [-0.2, 0) is 12.5 Å². The average Bonchev–Trinajstić information content (AvgIpc) is 3.47. The third-order valence-electron chi connectivity index (χ3n) is 7.65. The van der Waals surface area contributed by atoms with Crippen LogP contribution < -0.4 is 4.57 Å². The summed E-state index contributed by atoms with van der Waals surface area (Å²) in [5.74, 6) is -3.32. The summed E-state index contributed by atoms with van der Waals surface area (Å²) >= 11 is 0. The molecule has 2 nitrogen and oxygen atoms in total. The number of fused-ring (bicyclic) bond motifs is 7. The lowest BCUT2D eigenvalue weighted by Crippen LogP contribution is -2.32. The summed E-state index contributed by atoms with van der Waals surface area (Å²) in [7, 11) is 1.53. The lowest BCUT2D eigenvalue weighted by atomic mass is 9.74. The summed E-state index contributed by atoms with van der Waals surface area (Å²) in [6.45, 7) is -13.1. The molecule has 1 aliphatic rings. The molecule has 5 aromatic rings. The maximum Gasteiger partial charge on any atom is 0.216 e. The van der Waals surface area contributed by atoms with Gasteiger partial charge in [-0.3, -0.25) is 0 Å². The number of nitrogens with zero attached hydrogens (tertiary/aromatic N) is 1. The first-order valence-electron chi connectivity index (χ1n) is 19.8. The van der Waals surface area contributed by atoms with Crippen LogP contribution in [0, 0.1) is 13.8 Å². The zero-order valence-corrected chi connectivity index (χ0v) is 20.0. The van der Waals surface area contributed by atoms with Crippen molar-refractivity contribution in [1.29, 1.82) is 0 Å². The number of benzene rings is 3. The van der Waals surface area contributed by atoms with Gasteiger partial charge in [-0.2, -0.15) is 0 Å². The van der Waals surface area contributed by atoms with Crippen molar-refractivity contribution in [2.75, 3.05) is 0 Å². The Morgan fingerprint density at radius 2 is 1.67 bits per heavy atom. The fourth-order valence-electron chi connectivity index (χ4n) is 5.80. The van der Waals surface area contributed by atoms with Gasteiger partial charge in [0.1, 0.15) is 18.2 Å². The van der Waals surface area contributed by atoms with E-state index in [1.54, 1.807) is 49.4 Å². The van der Waals surface area contributed by atoms with Crippen molar-refractivity contribution >= 4 is 21.9 Å². The molecule has 182 valence electrons. The summed E-state index contributed by atoms with van der Waals surface area (Å²) in [5.41, 5.74) is 1.33. The first-order valence-corrected chi connectivity index (χ1v) is 11.8. The molecule has 1 aliphatic carbocycles. The standard InChI is InChI=1S/C34H36NO/c1-8-34(9-2)27-13-11-10-12-25(27)31-28(34)17-16-24-23-15-14-21(5)30(32(23)36-33(24)31)29-18-26(20(3)4)22(6)19-35(29)7/h10-20H,8-9H2,1-7H3/q+1/i1D3,2D3,3D3,4D3,6D3,20D. The lowest BCUT2D eigenvalue weighted by molar-refractivity contribution is -0.660. The molecule has 0 saturated heterocycles. The Kier molecular flexibility index (Phi) is 2.54. The quantitative estimate of drug-likeness (QED) is 0.230. The Bertz CT molecular complexity index is 2200. The predicted octanol–water partition coefficient (Wildman–Crippen LogP) is 8.90. The summed E-state index contributed by atoms with van der Waals surface area (Å²) in [6.07, 6.45) is 0.259. The molecule has 0 N–H and O–H groups in total. The van der Waals surface area contributed by atoms with Crippen molar-refractivity contribution in [2.24, 2.45) is 7.05 Å². The molecule has 0 saturated carbocycles. The molecule has 3 aromatic carbocycles. The third kappa shape index (κ3) is 2.94. The van der Waals surface area contributed by atoms with E-state index >= 15 is 0 Å². The molecule has 0 fully saturated rings. The van der Waals surface area contributed by atoms with Gasteiger partial charge in [0.05, 0.1) is 5.56 Å². The van der Waals surface area contributed by atoms with Crippen LogP contribution in [0.15, 0.2) is 65.2 Å². The second-order valence-electron chi connectivity index (χ2n) is 9.55. The van der Waals surface area contributed by atoms with E-state index in [0.717, 1.165) is 12.3 Å². The monoisotopic (exact) mass is 490 g/mol. The van der Waals surface area contributed by atoms with Crippen molar-refractivity contribution in [2.45, 2.75) is 65.3 Å². The third-order valence-corrected chi connectivity index (χ3v) is 7.65. The topological polar surface area (TPSA) is 17.0 Å². The van der Waals surface area contributed by atoms with Gasteiger partial charge in [-0.1, -0.05) is 75.9 Å². The van der Waals surface area contributed by atoms with Crippen LogP contribution in [0.2, 0.25) is 0 Å². The molecule has 0 atom stereocenters. The predicted molar refractivity (Wildman–Crippen MR) is 151 cm³/mol. The van der Waals surface area contributed by atoms with Crippen LogP contribution >= 0.6 is 0 Å².